The summed E-state index contributed by atoms with van der Waals surface area (Å²) in [7, 11) is 0. The van der Waals surface area contributed by atoms with E-state index in [1.54, 1.807) is 0 Å². The van der Waals surface area contributed by atoms with E-state index in [0.717, 1.165) is 31.8 Å². The van der Waals surface area contributed by atoms with Gasteiger partial charge in [-0.05, 0) is 18.8 Å². The molecule has 0 amide bonds. The van der Waals surface area contributed by atoms with Crippen molar-refractivity contribution in [3.63, 3.8) is 0 Å². The third-order valence-corrected chi connectivity index (χ3v) is 2.92. The van der Waals surface area contributed by atoms with Gasteiger partial charge in [0.1, 0.15) is 5.69 Å². The van der Waals surface area contributed by atoms with Crippen LogP contribution in [0.4, 0.5) is 5.69 Å². The molecule has 1 fully saturated rings. The highest BCUT2D eigenvalue weighted by Crippen LogP contribution is 2.18. The summed E-state index contributed by atoms with van der Waals surface area (Å²) in [6, 6.07) is 0. The molecule has 0 atom stereocenters. The Hall–Kier alpha value is -1.52. The molecule has 0 unspecified atom stereocenters. The van der Waals surface area contributed by atoms with Crippen molar-refractivity contribution >= 4 is 5.69 Å². The van der Waals surface area contributed by atoms with E-state index < -0.39 is 5.69 Å². The third-order valence-electron chi connectivity index (χ3n) is 2.92. The second-order valence-electron chi connectivity index (χ2n) is 4.13. The zero-order chi connectivity index (χ0) is 10.8. The maximum Gasteiger partial charge on any atom is 0.325 e. The van der Waals surface area contributed by atoms with E-state index in [-0.39, 0.29) is 5.56 Å². The monoisotopic (exact) mass is 209 g/mol. The molecular formula is C10H15N3O2. The van der Waals surface area contributed by atoms with E-state index in [0.29, 0.717) is 5.69 Å². The lowest BCUT2D eigenvalue weighted by Gasteiger charge is -2.30. The first-order valence-electron chi connectivity index (χ1n) is 5.24. The van der Waals surface area contributed by atoms with Crippen LogP contribution in [0.5, 0.6) is 0 Å². The fraction of sp³-hybridized carbons (Fsp3) is 0.600. The van der Waals surface area contributed by atoms with E-state index in [1.807, 2.05) is 4.90 Å². The average molecular weight is 209 g/mol. The normalized spacial score (nSPS) is 18.1. The minimum Gasteiger partial charge on any atom is -0.366 e. The van der Waals surface area contributed by atoms with Crippen molar-refractivity contribution in [3.05, 3.63) is 27.0 Å². The second kappa shape index (κ2) is 3.92. The van der Waals surface area contributed by atoms with Crippen molar-refractivity contribution in [2.45, 2.75) is 19.8 Å². The van der Waals surface area contributed by atoms with Crippen molar-refractivity contribution in [1.82, 2.24) is 9.97 Å². The van der Waals surface area contributed by atoms with Crippen molar-refractivity contribution in [2.75, 3.05) is 18.0 Å². The average Bonchev–Trinajstić information content (AvgIpc) is 2.20. The first-order valence-corrected chi connectivity index (χ1v) is 5.24. The first kappa shape index (κ1) is 10.0. The lowest BCUT2D eigenvalue weighted by atomic mass is 9.99. The Balaban J connectivity index is 2.23. The van der Waals surface area contributed by atoms with Gasteiger partial charge in [0.15, 0.2) is 0 Å². The Morgan fingerprint density at radius 3 is 2.60 bits per heavy atom. The van der Waals surface area contributed by atoms with Gasteiger partial charge in [0.25, 0.3) is 5.56 Å². The SMILES string of the molecule is CC1CCN(c2c[nH]c(=O)[nH]c2=O)CC1. The number of hydrogen-bond acceptors (Lipinski definition) is 3. The molecule has 0 aromatic carbocycles. The molecule has 5 nitrogen and oxygen atoms in total. The summed E-state index contributed by atoms with van der Waals surface area (Å²) in [5, 5.41) is 0. The molecule has 2 N–H and O–H groups in total. The van der Waals surface area contributed by atoms with E-state index in [9.17, 15) is 9.59 Å². The van der Waals surface area contributed by atoms with Crippen molar-refractivity contribution in [3.8, 4) is 0 Å². The lowest BCUT2D eigenvalue weighted by Crippen LogP contribution is -2.38. The van der Waals surface area contributed by atoms with Crippen LogP contribution in [0, 0.1) is 5.92 Å². The number of piperidine rings is 1. The number of aromatic nitrogens is 2. The van der Waals surface area contributed by atoms with Gasteiger partial charge in [-0.2, -0.15) is 0 Å². The topological polar surface area (TPSA) is 69.0 Å². The summed E-state index contributed by atoms with van der Waals surface area (Å²) in [6.07, 6.45) is 3.69. The molecule has 0 aliphatic carbocycles. The Labute approximate surface area is 87.1 Å². The lowest BCUT2D eigenvalue weighted by molar-refractivity contribution is 0.437. The molecule has 0 bridgehead atoms. The van der Waals surface area contributed by atoms with Gasteiger partial charge in [-0.3, -0.25) is 9.78 Å². The number of anilines is 1. The molecule has 15 heavy (non-hydrogen) atoms. The largest absolute Gasteiger partial charge is 0.366 e. The number of nitrogens with zero attached hydrogens (tertiary/aromatic N) is 1. The molecule has 1 aromatic heterocycles. The molecule has 0 saturated carbocycles. The third kappa shape index (κ3) is 2.11. The Morgan fingerprint density at radius 1 is 1.33 bits per heavy atom. The van der Waals surface area contributed by atoms with Gasteiger partial charge in [-0.15, -0.1) is 0 Å². The zero-order valence-corrected chi connectivity index (χ0v) is 8.75. The van der Waals surface area contributed by atoms with Crippen molar-refractivity contribution in [1.29, 1.82) is 0 Å². The van der Waals surface area contributed by atoms with Crippen molar-refractivity contribution in [2.24, 2.45) is 5.92 Å². The van der Waals surface area contributed by atoms with Crippen LogP contribution in [0.15, 0.2) is 15.8 Å². The highest BCUT2D eigenvalue weighted by molar-refractivity contribution is 5.41. The molecule has 5 heteroatoms. The summed E-state index contributed by atoms with van der Waals surface area (Å²) >= 11 is 0. The summed E-state index contributed by atoms with van der Waals surface area (Å²) in [5.41, 5.74) is -0.177. The van der Waals surface area contributed by atoms with Gasteiger partial charge in [0.2, 0.25) is 0 Å². The van der Waals surface area contributed by atoms with Crippen LogP contribution in [0.1, 0.15) is 19.8 Å². The highest BCUT2D eigenvalue weighted by atomic mass is 16.2. The Bertz CT molecular complexity index is 440. The predicted octanol–water partition coefficient (Wildman–Crippen LogP) is 0.299. The van der Waals surface area contributed by atoms with E-state index >= 15 is 0 Å². The van der Waals surface area contributed by atoms with Gasteiger partial charge in [-0.25, -0.2) is 4.79 Å². The van der Waals surface area contributed by atoms with E-state index in [1.165, 1.54) is 6.20 Å². The van der Waals surface area contributed by atoms with E-state index in [4.69, 9.17) is 0 Å². The number of hydrogen-bond donors (Lipinski definition) is 2. The fourth-order valence-electron chi connectivity index (χ4n) is 1.89. The standard InChI is InChI=1S/C10H15N3O2/c1-7-2-4-13(5-3-7)8-6-11-10(15)12-9(8)14/h6-7H,2-5H2,1H3,(H2,11,12,14,15). The summed E-state index contributed by atoms with van der Waals surface area (Å²) < 4.78 is 0. The van der Waals surface area contributed by atoms with Crippen molar-refractivity contribution < 1.29 is 0 Å². The van der Waals surface area contributed by atoms with Crippen LogP contribution in [0.3, 0.4) is 0 Å². The van der Waals surface area contributed by atoms with Crippen LogP contribution in [-0.4, -0.2) is 23.1 Å². The van der Waals surface area contributed by atoms with Gasteiger partial charge in [0, 0.05) is 19.3 Å². The molecule has 2 heterocycles. The second-order valence-corrected chi connectivity index (χ2v) is 4.13. The number of nitrogens with one attached hydrogen (secondary N) is 2. The Morgan fingerprint density at radius 2 is 2.00 bits per heavy atom. The van der Waals surface area contributed by atoms with Crippen LogP contribution < -0.4 is 16.1 Å². The molecular weight excluding hydrogens is 194 g/mol. The molecule has 0 spiro atoms. The molecule has 82 valence electrons. The maximum atomic E-state index is 11.5. The van der Waals surface area contributed by atoms with Gasteiger partial charge in [0.05, 0.1) is 0 Å². The number of rotatable bonds is 1. The molecule has 1 aliphatic rings. The van der Waals surface area contributed by atoms with Crippen LogP contribution in [0.25, 0.3) is 0 Å². The maximum absolute atomic E-state index is 11.5. The number of H-pyrrole nitrogens is 2. The Kier molecular flexibility index (Phi) is 2.62. The molecule has 1 aromatic rings. The molecule has 0 radical (unpaired) electrons. The first-order chi connectivity index (χ1) is 7.16. The van der Waals surface area contributed by atoms with Crippen LogP contribution in [-0.2, 0) is 0 Å². The van der Waals surface area contributed by atoms with Crippen LogP contribution in [0.2, 0.25) is 0 Å². The minimum absolute atomic E-state index is 0.298. The highest BCUT2D eigenvalue weighted by Gasteiger charge is 2.18. The predicted molar refractivity (Wildman–Crippen MR) is 58.3 cm³/mol. The van der Waals surface area contributed by atoms with Gasteiger partial charge < -0.3 is 9.88 Å². The number of aromatic amines is 2. The molecule has 1 aliphatic heterocycles. The quantitative estimate of drug-likeness (QED) is 0.699. The molecule has 1 saturated heterocycles. The fourth-order valence-corrected chi connectivity index (χ4v) is 1.89. The summed E-state index contributed by atoms with van der Waals surface area (Å²) in [6.45, 7) is 3.99. The van der Waals surface area contributed by atoms with Crippen LogP contribution >= 0.6 is 0 Å². The smallest absolute Gasteiger partial charge is 0.325 e. The van der Waals surface area contributed by atoms with E-state index in [2.05, 4.69) is 16.9 Å². The minimum atomic E-state index is -0.450. The molecule has 2 rings (SSSR count). The summed E-state index contributed by atoms with van der Waals surface area (Å²) in [4.78, 5) is 29.1. The zero-order valence-electron chi connectivity index (χ0n) is 8.75. The van der Waals surface area contributed by atoms with Gasteiger partial charge in [-0.1, -0.05) is 6.92 Å². The van der Waals surface area contributed by atoms with Gasteiger partial charge >= 0.3 is 5.69 Å². The summed E-state index contributed by atoms with van der Waals surface area (Å²) in [5.74, 6) is 0.725.